The van der Waals surface area contributed by atoms with Gasteiger partial charge in [-0.1, -0.05) is 11.6 Å². The minimum atomic E-state index is -0.214. The summed E-state index contributed by atoms with van der Waals surface area (Å²) in [4.78, 5) is 11.3. The van der Waals surface area contributed by atoms with Crippen molar-refractivity contribution in [2.24, 2.45) is 0 Å². The van der Waals surface area contributed by atoms with Crippen molar-refractivity contribution >= 4 is 17.5 Å². The fourth-order valence-corrected chi connectivity index (χ4v) is 1.63. The standard InChI is InChI=1S/C9H5ClN2O/c10-7-2-1-5(3-11)8-6(7)4-12-9(8)13/h1-2H,4H2,(H,12,13). The molecule has 1 aliphatic heterocycles. The number of carbonyl (C=O) groups excluding carboxylic acids is 1. The van der Waals surface area contributed by atoms with Gasteiger partial charge in [0.25, 0.3) is 5.91 Å². The first kappa shape index (κ1) is 8.09. The number of hydrogen-bond acceptors (Lipinski definition) is 2. The van der Waals surface area contributed by atoms with Gasteiger partial charge in [0.15, 0.2) is 0 Å². The molecule has 0 radical (unpaired) electrons. The zero-order valence-corrected chi connectivity index (χ0v) is 7.35. The van der Waals surface area contributed by atoms with Gasteiger partial charge in [-0.05, 0) is 12.1 Å². The Labute approximate surface area is 79.9 Å². The monoisotopic (exact) mass is 192 g/mol. The number of nitriles is 1. The Kier molecular flexibility index (Phi) is 1.71. The summed E-state index contributed by atoms with van der Waals surface area (Å²) in [5.74, 6) is -0.214. The summed E-state index contributed by atoms with van der Waals surface area (Å²) in [6.45, 7) is 0.419. The van der Waals surface area contributed by atoms with Crippen LogP contribution in [0, 0.1) is 11.3 Å². The van der Waals surface area contributed by atoms with E-state index in [9.17, 15) is 4.79 Å². The quantitative estimate of drug-likeness (QED) is 0.677. The molecular weight excluding hydrogens is 188 g/mol. The van der Waals surface area contributed by atoms with Gasteiger partial charge in [-0.25, -0.2) is 0 Å². The molecule has 2 rings (SSSR count). The number of carbonyl (C=O) groups is 1. The van der Waals surface area contributed by atoms with Crippen molar-refractivity contribution in [1.29, 1.82) is 5.26 Å². The molecular formula is C9H5ClN2O. The van der Waals surface area contributed by atoms with Crippen molar-refractivity contribution < 1.29 is 4.79 Å². The molecule has 13 heavy (non-hydrogen) atoms. The normalized spacial score (nSPS) is 13.4. The van der Waals surface area contributed by atoms with Gasteiger partial charge in [-0.2, -0.15) is 5.26 Å². The molecule has 1 aromatic rings. The molecule has 1 amide bonds. The number of halogens is 1. The first-order chi connectivity index (χ1) is 6.24. The SMILES string of the molecule is N#Cc1ccc(Cl)c2c1C(=O)NC2. The lowest BCUT2D eigenvalue weighted by Crippen LogP contribution is -2.13. The van der Waals surface area contributed by atoms with Crippen molar-refractivity contribution in [2.45, 2.75) is 6.54 Å². The van der Waals surface area contributed by atoms with E-state index >= 15 is 0 Å². The molecule has 0 atom stereocenters. The van der Waals surface area contributed by atoms with Gasteiger partial charge in [0.2, 0.25) is 0 Å². The second kappa shape index (κ2) is 2.75. The summed E-state index contributed by atoms with van der Waals surface area (Å²) in [7, 11) is 0. The highest BCUT2D eigenvalue weighted by atomic mass is 35.5. The Morgan fingerprint density at radius 2 is 2.31 bits per heavy atom. The van der Waals surface area contributed by atoms with Gasteiger partial charge in [0, 0.05) is 17.1 Å². The van der Waals surface area contributed by atoms with Crippen LogP contribution in [0.3, 0.4) is 0 Å². The zero-order chi connectivity index (χ0) is 9.42. The number of benzene rings is 1. The average Bonchev–Trinajstić information content (AvgIpc) is 2.51. The van der Waals surface area contributed by atoms with E-state index in [1.54, 1.807) is 12.1 Å². The van der Waals surface area contributed by atoms with E-state index in [1.165, 1.54) is 0 Å². The lowest BCUT2D eigenvalue weighted by molar-refractivity contribution is 0.0965. The Bertz CT molecular complexity index is 434. The largest absolute Gasteiger partial charge is 0.348 e. The Hall–Kier alpha value is -1.53. The zero-order valence-electron chi connectivity index (χ0n) is 6.60. The number of hydrogen-bond donors (Lipinski definition) is 1. The van der Waals surface area contributed by atoms with Gasteiger partial charge >= 0.3 is 0 Å². The molecule has 0 aliphatic carbocycles. The van der Waals surface area contributed by atoms with Crippen LogP contribution in [-0.2, 0) is 6.54 Å². The number of nitrogens with one attached hydrogen (secondary N) is 1. The van der Waals surface area contributed by atoms with E-state index in [0.717, 1.165) is 5.56 Å². The Morgan fingerprint density at radius 3 is 3.00 bits per heavy atom. The van der Waals surface area contributed by atoms with Gasteiger partial charge in [0.05, 0.1) is 17.2 Å². The van der Waals surface area contributed by atoms with E-state index in [2.05, 4.69) is 5.32 Å². The van der Waals surface area contributed by atoms with Crippen molar-refractivity contribution in [3.8, 4) is 6.07 Å². The Morgan fingerprint density at radius 1 is 1.54 bits per heavy atom. The minimum absolute atomic E-state index is 0.214. The van der Waals surface area contributed by atoms with Crippen LogP contribution in [0.5, 0.6) is 0 Å². The molecule has 0 spiro atoms. The Balaban J connectivity index is 2.75. The molecule has 3 nitrogen and oxygen atoms in total. The van der Waals surface area contributed by atoms with Gasteiger partial charge < -0.3 is 5.32 Å². The van der Waals surface area contributed by atoms with Crippen molar-refractivity contribution in [3.05, 3.63) is 33.8 Å². The minimum Gasteiger partial charge on any atom is -0.348 e. The van der Waals surface area contributed by atoms with Crippen molar-refractivity contribution in [3.63, 3.8) is 0 Å². The van der Waals surface area contributed by atoms with E-state index in [4.69, 9.17) is 16.9 Å². The molecule has 64 valence electrons. The molecule has 0 saturated carbocycles. The van der Waals surface area contributed by atoms with Crippen LogP contribution in [0.1, 0.15) is 21.5 Å². The predicted molar refractivity (Wildman–Crippen MR) is 47.3 cm³/mol. The summed E-state index contributed by atoms with van der Waals surface area (Å²) in [6.07, 6.45) is 0. The summed E-state index contributed by atoms with van der Waals surface area (Å²) in [5.41, 5.74) is 1.54. The van der Waals surface area contributed by atoms with Crippen LogP contribution in [0.15, 0.2) is 12.1 Å². The lowest BCUT2D eigenvalue weighted by atomic mass is 10.0. The van der Waals surface area contributed by atoms with Crippen molar-refractivity contribution in [1.82, 2.24) is 5.32 Å². The maximum Gasteiger partial charge on any atom is 0.253 e. The third kappa shape index (κ3) is 1.07. The second-order valence-corrected chi connectivity index (χ2v) is 3.15. The van der Waals surface area contributed by atoms with Gasteiger partial charge in [0.1, 0.15) is 0 Å². The lowest BCUT2D eigenvalue weighted by Gasteiger charge is -1.99. The van der Waals surface area contributed by atoms with E-state index in [0.29, 0.717) is 22.7 Å². The highest BCUT2D eigenvalue weighted by molar-refractivity contribution is 6.32. The number of amides is 1. The highest BCUT2D eigenvalue weighted by Gasteiger charge is 2.24. The third-order valence-corrected chi connectivity index (χ3v) is 2.38. The van der Waals surface area contributed by atoms with E-state index in [-0.39, 0.29) is 5.91 Å². The van der Waals surface area contributed by atoms with Crippen molar-refractivity contribution in [2.75, 3.05) is 0 Å². The smallest absolute Gasteiger partial charge is 0.253 e. The van der Waals surface area contributed by atoms with Crippen LogP contribution in [0.25, 0.3) is 0 Å². The topological polar surface area (TPSA) is 52.9 Å². The molecule has 1 aromatic carbocycles. The van der Waals surface area contributed by atoms with Crippen LogP contribution < -0.4 is 5.32 Å². The molecule has 0 aromatic heterocycles. The first-order valence-corrected chi connectivity index (χ1v) is 4.11. The van der Waals surface area contributed by atoms with E-state index in [1.807, 2.05) is 6.07 Å². The molecule has 1 N–H and O–H groups in total. The molecule has 0 bridgehead atoms. The number of nitrogens with zero attached hydrogens (tertiary/aromatic N) is 1. The molecule has 1 aliphatic rings. The van der Waals surface area contributed by atoms with Crippen LogP contribution in [0.4, 0.5) is 0 Å². The molecule has 0 fully saturated rings. The summed E-state index contributed by atoms with van der Waals surface area (Å²) >= 11 is 5.86. The highest BCUT2D eigenvalue weighted by Crippen LogP contribution is 2.26. The predicted octanol–water partition coefficient (Wildman–Crippen LogP) is 1.46. The number of rotatable bonds is 0. The molecule has 1 heterocycles. The summed E-state index contributed by atoms with van der Waals surface area (Å²) in [6, 6.07) is 5.17. The summed E-state index contributed by atoms with van der Waals surface area (Å²) in [5, 5.41) is 11.9. The van der Waals surface area contributed by atoms with E-state index < -0.39 is 0 Å². The van der Waals surface area contributed by atoms with Gasteiger partial charge in [-0.15, -0.1) is 0 Å². The fourth-order valence-electron chi connectivity index (χ4n) is 1.40. The first-order valence-electron chi connectivity index (χ1n) is 3.73. The maximum atomic E-state index is 11.3. The third-order valence-electron chi connectivity index (χ3n) is 2.03. The molecule has 0 saturated heterocycles. The fraction of sp³-hybridized carbons (Fsp3) is 0.111. The van der Waals surface area contributed by atoms with Crippen LogP contribution >= 0.6 is 11.6 Å². The number of fused-ring (bicyclic) bond motifs is 1. The van der Waals surface area contributed by atoms with Crippen LogP contribution in [-0.4, -0.2) is 5.91 Å². The van der Waals surface area contributed by atoms with Gasteiger partial charge in [-0.3, -0.25) is 4.79 Å². The molecule has 4 heteroatoms. The maximum absolute atomic E-state index is 11.3. The van der Waals surface area contributed by atoms with Crippen LogP contribution in [0.2, 0.25) is 5.02 Å². The molecule has 0 unspecified atom stereocenters. The summed E-state index contributed by atoms with van der Waals surface area (Å²) < 4.78 is 0. The second-order valence-electron chi connectivity index (χ2n) is 2.74. The average molecular weight is 193 g/mol.